The third-order valence-corrected chi connectivity index (χ3v) is 4.20. The van der Waals surface area contributed by atoms with E-state index in [0.29, 0.717) is 17.9 Å². The van der Waals surface area contributed by atoms with E-state index in [0.717, 1.165) is 16.7 Å². The van der Waals surface area contributed by atoms with Crippen molar-refractivity contribution in [3.8, 4) is 11.5 Å². The van der Waals surface area contributed by atoms with E-state index in [4.69, 9.17) is 18.4 Å². The largest absolute Gasteiger partial charge is 0.493 e. The molecule has 0 spiro atoms. The monoisotopic (exact) mass is 375 g/mol. The number of methoxy groups -OCH3 is 2. The molecule has 1 heterocycles. The fourth-order valence-electron chi connectivity index (χ4n) is 2.48. The van der Waals surface area contributed by atoms with Crippen LogP contribution in [-0.2, 0) is 25.5 Å². The van der Waals surface area contributed by atoms with Crippen molar-refractivity contribution in [2.45, 2.75) is 18.8 Å². The molecule has 1 aliphatic heterocycles. The molecular weight excluding hydrogens is 354 g/mol. The first-order chi connectivity index (χ1) is 11.8. The number of hydrogen-bond donors (Lipinski definition) is 1. The van der Waals surface area contributed by atoms with Crippen LogP contribution < -0.4 is 9.47 Å². The van der Waals surface area contributed by atoms with Gasteiger partial charge in [0.05, 0.1) is 27.1 Å². The number of amides is 1. The summed E-state index contributed by atoms with van der Waals surface area (Å²) in [6.07, 6.45) is -1.73. The molecule has 0 aromatic heterocycles. The number of ether oxygens (including phenoxy) is 3. The van der Waals surface area contributed by atoms with Gasteiger partial charge in [-0.3, -0.25) is 4.90 Å². The Morgan fingerprint density at radius 1 is 1.24 bits per heavy atom. The fraction of sp³-hybridized carbons (Fsp3) is 0.533. The molecule has 0 aliphatic carbocycles. The van der Waals surface area contributed by atoms with E-state index in [1.54, 1.807) is 18.2 Å². The molecule has 0 bridgehead atoms. The summed E-state index contributed by atoms with van der Waals surface area (Å²) in [5.41, 5.74) is 0.844. The van der Waals surface area contributed by atoms with Crippen LogP contribution in [0.1, 0.15) is 5.56 Å². The lowest BCUT2D eigenvalue weighted by Crippen LogP contribution is -2.42. The highest BCUT2D eigenvalue weighted by Gasteiger charge is 2.44. The van der Waals surface area contributed by atoms with Gasteiger partial charge < -0.3 is 19.3 Å². The van der Waals surface area contributed by atoms with Crippen LogP contribution in [0.2, 0.25) is 0 Å². The van der Waals surface area contributed by atoms with Crippen molar-refractivity contribution in [2.24, 2.45) is 0 Å². The SMILES string of the molecule is COc1ccc(CCN2C(=O)O[C@@H](CO)C2OS(C)(=O)=O)cc1OC. The minimum absolute atomic E-state index is 0.144. The molecule has 1 aromatic rings. The van der Waals surface area contributed by atoms with Crippen molar-refractivity contribution >= 4 is 16.2 Å². The maximum absolute atomic E-state index is 12.0. The van der Waals surface area contributed by atoms with Gasteiger partial charge in [0.2, 0.25) is 0 Å². The summed E-state index contributed by atoms with van der Waals surface area (Å²) in [7, 11) is -0.788. The van der Waals surface area contributed by atoms with Gasteiger partial charge in [0.25, 0.3) is 10.1 Å². The summed E-state index contributed by atoms with van der Waals surface area (Å²) < 4.78 is 43.0. The number of nitrogens with zero attached hydrogens (tertiary/aromatic N) is 1. The number of benzene rings is 1. The number of aliphatic hydroxyl groups excluding tert-OH is 1. The summed E-state index contributed by atoms with van der Waals surface area (Å²) in [6, 6.07) is 5.30. The molecule has 1 unspecified atom stereocenters. The Labute approximate surface area is 146 Å². The predicted molar refractivity (Wildman–Crippen MR) is 87.0 cm³/mol. The predicted octanol–water partition coefficient (Wildman–Crippen LogP) is 0.362. The van der Waals surface area contributed by atoms with Gasteiger partial charge in [0.15, 0.2) is 23.8 Å². The number of aliphatic hydroxyl groups is 1. The Kier molecular flexibility index (Phi) is 6.09. The van der Waals surface area contributed by atoms with E-state index in [-0.39, 0.29) is 6.54 Å². The molecule has 0 radical (unpaired) electrons. The Morgan fingerprint density at radius 2 is 1.92 bits per heavy atom. The van der Waals surface area contributed by atoms with Gasteiger partial charge in [0, 0.05) is 6.54 Å². The molecule has 9 nitrogen and oxygen atoms in total. The number of carbonyl (C=O) groups is 1. The van der Waals surface area contributed by atoms with Gasteiger partial charge in [-0.15, -0.1) is 0 Å². The second-order valence-corrected chi connectivity index (χ2v) is 7.03. The fourth-order valence-corrected chi connectivity index (χ4v) is 3.07. The maximum Gasteiger partial charge on any atom is 0.412 e. The molecule has 1 aromatic carbocycles. The smallest absolute Gasteiger partial charge is 0.412 e. The minimum atomic E-state index is -3.83. The second-order valence-electron chi connectivity index (χ2n) is 5.43. The van der Waals surface area contributed by atoms with Gasteiger partial charge in [-0.1, -0.05) is 6.07 Å². The van der Waals surface area contributed by atoms with Crippen molar-refractivity contribution in [1.82, 2.24) is 4.90 Å². The lowest BCUT2D eigenvalue weighted by Gasteiger charge is -2.22. The molecule has 10 heteroatoms. The Balaban J connectivity index is 2.13. The molecule has 1 amide bonds. The maximum atomic E-state index is 12.0. The minimum Gasteiger partial charge on any atom is -0.493 e. The van der Waals surface area contributed by atoms with Crippen LogP contribution in [0.5, 0.6) is 11.5 Å². The zero-order chi connectivity index (χ0) is 18.6. The van der Waals surface area contributed by atoms with E-state index in [9.17, 15) is 18.3 Å². The van der Waals surface area contributed by atoms with Gasteiger partial charge >= 0.3 is 6.09 Å². The third-order valence-electron chi connectivity index (χ3n) is 3.65. The van der Waals surface area contributed by atoms with E-state index in [1.807, 2.05) is 0 Å². The number of carbonyl (C=O) groups excluding carboxylic acids is 1. The molecule has 25 heavy (non-hydrogen) atoms. The van der Waals surface area contributed by atoms with E-state index in [1.165, 1.54) is 14.2 Å². The lowest BCUT2D eigenvalue weighted by atomic mass is 10.1. The standard InChI is InChI=1S/C15H21NO8S/c1-21-11-5-4-10(8-12(11)22-2)6-7-16-14(24-25(3,19)20)13(9-17)23-15(16)18/h4-5,8,13-14,17H,6-7,9H2,1-3H3/t13-,14?/m0/s1. The topological polar surface area (TPSA) is 112 Å². The first-order valence-corrected chi connectivity index (χ1v) is 9.28. The van der Waals surface area contributed by atoms with Crippen molar-refractivity contribution in [3.05, 3.63) is 23.8 Å². The summed E-state index contributed by atoms with van der Waals surface area (Å²) in [6.45, 7) is -0.399. The molecule has 1 saturated heterocycles. The summed E-state index contributed by atoms with van der Waals surface area (Å²) >= 11 is 0. The van der Waals surface area contributed by atoms with Crippen LogP contribution >= 0.6 is 0 Å². The number of hydrogen-bond acceptors (Lipinski definition) is 8. The Hall–Kier alpha value is -2.04. The quantitative estimate of drug-likeness (QED) is 0.649. The molecule has 1 aliphatic rings. The third kappa shape index (κ3) is 4.74. The zero-order valence-electron chi connectivity index (χ0n) is 14.2. The summed E-state index contributed by atoms with van der Waals surface area (Å²) in [5, 5.41) is 9.27. The van der Waals surface area contributed by atoms with Gasteiger partial charge in [0.1, 0.15) is 0 Å². The first kappa shape index (κ1) is 19.3. The van der Waals surface area contributed by atoms with Crippen molar-refractivity contribution in [2.75, 3.05) is 33.6 Å². The van der Waals surface area contributed by atoms with Crippen LogP contribution in [0.3, 0.4) is 0 Å². The number of rotatable bonds is 8. The van der Waals surface area contributed by atoms with Gasteiger partial charge in [-0.25, -0.2) is 8.98 Å². The van der Waals surface area contributed by atoms with Crippen molar-refractivity contribution in [3.63, 3.8) is 0 Å². The van der Waals surface area contributed by atoms with Crippen molar-refractivity contribution < 1.29 is 36.7 Å². The molecule has 1 fully saturated rings. The molecule has 1 N–H and O–H groups in total. The van der Waals surface area contributed by atoms with Gasteiger partial charge in [-0.2, -0.15) is 8.42 Å². The van der Waals surface area contributed by atoms with E-state index < -0.39 is 35.2 Å². The van der Waals surface area contributed by atoms with E-state index >= 15 is 0 Å². The van der Waals surface area contributed by atoms with Crippen LogP contribution in [0.25, 0.3) is 0 Å². The van der Waals surface area contributed by atoms with Crippen LogP contribution in [0.15, 0.2) is 18.2 Å². The summed E-state index contributed by atoms with van der Waals surface area (Å²) in [5.74, 6) is 1.12. The van der Waals surface area contributed by atoms with Crippen LogP contribution in [0.4, 0.5) is 4.79 Å². The molecule has 0 saturated carbocycles. The van der Waals surface area contributed by atoms with E-state index in [2.05, 4.69) is 0 Å². The molecule has 2 atom stereocenters. The summed E-state index contributed by atoms with van der Waals surface area (Å²) in [4.78, 5) is 13.1. The highest BCUT2D eigenvalue weighted by molar-refractivity contribution is 7.86. The van der Waals surface area contributed by atoms with Crippen LogP contribution in [0, 0.1) is 0 Å². The molecular formula is C15H21NO8S. The number of cyclic esters (lactones) is 1. The zero-order valence-corrected chi connectivity index (χ0v) is 15.0. The van der Waals surface area contributed by atoms with Gasteiger partial charge in [-0.05, 0) is 24.1 Å². The highest BCUT2D eigenvalue weighted by Crippen LogP contribution is 2.28. The van der Waals surface area contributed by atoms with Crippen LogP contribution in [-0.4, -0.2) is 70.5 Å². The Morgan fingerprint density at radius 3 is 2.48 bits per heavy atom. The Bertz CT molecular complexity index is 720. The average molecular weight is 375 g/mol. The molecule has 2 rings (SSSR count). The normalized spacial score (nSPS) is 20.5. The molecule has 140 valence electrons. The lowest BCUT2D eigenvalue weighted by molar-refractivity contribution is 0.0103. The highest BCUT2D eigenvalue weighted by atomic mass is 32.2. The average Bonchev–Trinajstić information content (AvgIpc) is 2.85. The second kappa shape index (κ2) is 7.89. The first-order valence-electron chi connectivity index (χ1n) is 7.46. The van der Waals surface area contributed by atoms with Crippen molar-refractivity contribution in [1.29, 1.82) is 0 Å².